The van der Waals surface area contributed by atoms with Crippen LogP contribution in [0.2, 0.25) is 0 Å². The lowest BCUT2D eigenvalue weighted by atomic mass is 10.1. The second kappa shape index (κ2) is 3.64. The second-order valence-corrected chi connectivity index (χ2v) is 3.21. The van der Waals surface area contributed by atoms with E-state index in [0.717, 1.165) is 22.6 Å². The molecule has 0 bridgehead atoms. The summed E-state index contributed by atoms with van der Waals surface area (Å²) in [4.78, 5) is 10.4. The highest BCUT2D eigenvalue weighted by Gasteiger charge is 2.11. The van der Waals surface area contributed by atoms with E-state index in [0.29, 0.717) is 6.42 Å². The highest BCUT2D eigenvalue weighted by molar-refractivity contribution is 5.67. The molecule has 0 aliphatic heterocycles. The van der Waals surface area contributed by atoms with Crippen LogP contribution in [-0.2, 0) is 11.2 Å². The lowest BCUT2D eigenvalue weighted by Crippen LogP contribution is -1.98. The summed E-state index contributed by atoms with van der Waals surface area (Å²) in [6, 6.07) is 0. The van der Waals surface area contributed by atoms with Crippen LogP contribution in [0.1, 0.15) is 29.1 Å². The average Bonchev–Trinajstić information content (AvgIpc) is 2.24. The highest BCUT2D eigenvalue weighted by atomic mass is 16.4. The Hall–Kier alpha value is -1.25. The number of carboxylic acids is 1. The summed E-state index contributed by atoms with van der Waals surface area (Å²) in [5.74, 6) is 0.965. The predicted molar refractivity (Wildman–Crippen MR) is 48.9 cm³/mol. The number of hydrogen-bond donors (Lipinski definition) is 1. The molecule has 3 heteroatoms. The Kier molecular flexibility index (Phi) is 2.76. The molecular weight excluding hydrogens is 168 g/mol. The van der Waals surface area contributed by atoms with E-state index in [1.54, 1.807) is 0 Å². The molecule has 1 rings (SSSR count). The molecule has 13 heavy (non-hydrogen) atoms. The molecule has 0 saturated carbocycles. The van der Waals surface area contributed by atoms with Crippen LogP contribution in [0.5, 0.6) is 0 Å². The third kappa shape index (κ3) is 2.11. The topological polar surface area (TPSA) is 50.4 Å². The Morgan fingerprint density at radius 1 is 1.31 bits per heavy atom. The maximum atomic E-state index is 10.4. The van der Waals surface area contributed by atoms with Gasteiger partial charge in [-0.05, 0) is 38.3 Å². The molecule has 0 atom stereocenters. The predicted octanol–water partition coefficient (Wildman–Crippen LogP) is 2.22. The van der Waals surface area contributed by atoms with Gasteiger partial charge in [0.25, 0.3) is 0 Å². The van der Waals surface area contributed by atoms with Crippen molar-refractivity contribution in [2.75, 3.05) is 0 Å². The fourth-order valence-electron chi connectivity index (χ4n) is 1.44. The van der Waals surface area contributed by atoms with Crippen LogP contribution in [0.25, 0.3) is 0 Å². The summed E-state index contributed by atoms with van der Waals surface area (Å²) < 4.78 is 5.38. The summed E-state index contributed by atoms with van der Waals surface area (Å²) in [5.41, 5.74) is 2.12. The molecule has 0 saturated heterocycles. The molecule has 0 unspecified atom stereocenters. The van der Waals surface area contributed by atoms with E-state index >= 15 is 0 Å². The van der Waals surface area contributed by atoms with Crippen LogP contribution >= 0.6 is 0 Å². The number of furan rings is 1. The first kappa shape index (κ1) is 9.84. The first-order valence-corrected chi connectivity index (χ1v) is 4.29. The molecule has 0 radical (unpaired) electrons. The average molecular weight is 182 g/mol. The number of aryl methyl sites for hydroxylation is 2. The standard InChI is InChI=1S/C10H14O3/c1-6-7(2)13-8(3)9(6)4-5-10(11)12/h4-5H2,1-3H3,(H,11,12). The van der Waals surface area contributed by atoms with Crippen LogP contribution in [0.4, 0.5) is 0 Å². The van der Waals surface area contributed by atoms with Gasteiger partial charge < -0.3 is 9.52 Å². The third-order valence-corrected chi connectivity index (χ3v) is 2.30. The summed E-state index contributed by atoms with van der Waals surface area (Å²) in [5, 5.41) is 8.53. The monoisotopic (exact) mass is 182 g/mol. The maximum absolute atomic E-state index is 10.4. The van der Waals surface area contributed by atoms with Crippen LogP contribution in [-0.4, -0.2) is 11.1 Å². The Balaban J connectivity index is 2.81. The molecule has 0 aliphatic rings. The largest absolute Gasteiger partial charge is 0.481 e. The Labute approximate surface area is 77.4 Å². The molecule has 0 aromatic carbocycles. The molecule has 1 heterocycles. The molecule has 0 amide bonds. The summed E-state index contributed by atoms with van der Waals surface area (Å²) in [6.07, 6.45) is 0.727. The molecule has 0 fully saturated rings. The fraction of sp³-hybridized carbons (Fsp3) is 0.500. The zero-order chi connectivity index (χ0) is 10.0. The first-order chi connectivity index (χ1) is 6.02. The van der Waals surface area contributed by atoms with Gasteiger partial charge in [-0.1, -0.05) is 0 Å². The minimum Gasteiger partial charge on any atom is -0.481 e. The van der Waals surface area contributed by atoms with Crippen molar-refractivity contribution in [3.05, 3.63) is 22.6 Å². The number of aliphatic carboxylic acids is 1. The normalized spacial score (nSPS) is 10.4. The lowest BCUT2D eigenvalue weighted by Gasteiger charge is -1.97. The van der Waals surface area contributed by atoms with E-state index in [4.69, 9.17) is 9.52 Å². The number of hydrogen-bond acceptors (Lipinski definition) is 2. The van der Waals surface area contributed by atoms with Gasteiger partial charge in [-0.25, -0.2) is 0 Å². The Morgan fingerprint density at radius 3 is 2.31 bits per heavy atom. The quantitative estimate of drug-likeness (QED) is 0.779. The van der Waals surface area contributed by atoms with E-state index in [2.05, 4.69) is 0 Å². The van der Waals surface area contributed by atoms with E-state index < -0.39 is 5.97 Å². The third-order valence-electron chi connectivity index (χ3n) is 2.30. The lowest BCUT2D eigenvalue weighted by molar-refractivity contribution is -0.136. The van der Waals surface area contributed by atoms with Crippen LogP contribution in [0.15, 0.2) is 4.42 Å². The number of rotatable bonds is 3. The van der Waals surface area contributed by atoms with Crippen molar-refractivity contribution in [1.29, 1.82) is 0 Å². The van der Waals surface area contributed by atoms with Crippen LogP contribution in [0.3, 0.4) is 0 Å². The van der Waals surface area contributed by atoms with Crippen molar-refractivity contribution in [1.82, 2.24) is 0 Å². The molecule has 1 N–H and O–H groups in total. The molecule has 3 nitrogen and oxygen atoms in total. The highest BCUT2D eigenvalue weighted by Crippen LogP contribution is 2.21. The minimum absolute atomic E-state index is 0.167. The smallest absolute Gasteiger partial charge is 0.303 e. The van der Waals surface area contributed by atoms with Crippen molar-refractivity contribution in [3.8, 4) is 0 Å². The number of carbonyl (C=O) groups is 1. The molecule has 72 valence electrons. The van der Waals surface area contributed by atoms with Gasteiger partial charge in [-0.2, -0.15) is 0 Å². The van der Waals surface area contributed by atoms with Crippen molar-refractivity contribution in [2.24, 2.45) is 0 Å². The van der Waals surface area contributed by atoms with Crippen LogP contribution in [0, 0.1) is 20.8 Å². The van der Waals surface area contributed by atoms with Gasteiger partial charge in [0, 0.05) is 6.42 Å². The van der Waals surface area contributed by atoms with Gasteiger partial charge in [0.05, 0.1) is 0 Å². The Morgan fingerprint density at radius 2 is 1.92 bits per heavy atom. The SMILES string of the molecule is Cc1oc(C)c(CCC(=O)O)c1C. The van der Waals surface area contributed by atoms with Gasteiger partial charge in [-0.3, -0.25) is 4.79 Å². The van der Waals surface area contributed by atoms with E-state index in [1.165, 1.54) is 0 Å². The summed E-state index contributed by atoms with van der Waals surface area (Å²) >= 11 is 0. The number of carboxylic acid groups (broad SMARTS) is 1. The van der Waals surface area contributed by atoms with Gasteiger partial charge in [0.2, 0.25) is 0 Å². The molecular formula is C10H14O3. The van der Waals surface area contributed by atoms with E-state index in [9.17, 15) is 4.79 Å². The van der Waals surface area contributed by atoms with E-state index in [-0.39, 0.29) is 6.42 Å². The van der Waals surface area contributed by atoms with Gasteiger partial charge in [0.15, 0.2) is 0 Å². The van der Waals surface area contributed by atoms with Crippen LogP contribution < -0.4 is 0 Å². The van der Waals surface area contributed by atoms with E-state index in [1.807, 2.05) is 20.8 Å². The van der Waals surface area contributed by atoms with Crippen molar-refractivity contribution in [2.45, 2.75) is 33.6 Å². The fourth-order valence-corrected chi connectivity index (χ4v) is 1.44. The summed E-state index contributed by atoms with van der Waals surface area (Å²) in [6.45, 7) is 5.73. The molecule has 0 spiro atoms. The first-order valence-electron chi connectivity index (χ1n) is 4.29. The van der Waals surface area contributed by atoms with Gasteiger partial charge >= 0.3 is 5.97 Å². The zero-order valence-corrected chi connectivity index (χ0v) is 8.18. The molecule has 1 aromatic heterocycles. The maximum Gasteiger partial charge on any atom is 0.303 e. The van der Waals surface area contributed by atoms with Gasteiger partial charge in [0.1, 0.15) is 11.5 Å². The molecule has 1 aromatic rings. The molecule has 0 aliphatic carbocycles. The van der Waals surface area contributed by atoms with Crippen molar-refractivity contribution in [3.63, 3.8) is 0 Å². The van der Waals surface area contributed by atoms with Gasteiger partial charge in [-0.15, -0.1) is 0 Å². The second-order valence-electron chi connectivity index (χ2n) is 3.21. The Bertz CT molecular complexity index is 323. The van der Waals surface area contributed by atoms with Crippen molar-refractivity contribution < 1.29 is 14.3 Å². The summed E-state index contributed by atoms with van der Waals surface area (Å²) in [7, 11) is 0. The minimum atomic E-state index is -0.766. The zero-order valence-electron chi connectivity index (χ0n) is 8.18. The van der Waals surface area contributed by atoms with Crippen molar-refractivity contribution >= 4 is 5.97 Å².